The van der Waals surface area contributed by atoms with Gasteiger partial charge < -0.3 is 14.7 Å². The Bertz CT molecular complexity index is 880. The number of hydrogen-bond acceptors (Lipinski definition) is 6. The highest BCUT2D eigenvalue weighted by Crippen LogP contribution is 2.32. The molecule has 0 atom stereocenters. The van der Waals surface area contributed by atoms with Gasteiger partial charge >= 0.3 is 0 Å². The Hall–Kier alpha value is -2.51. The summed E-state index contributed by atoms with van der Waals surface area (Å²) in [5.41, 5.74) is 0.562. The maximum atomic E-state index is 10.7. The molecule has 25 heavy (non-hydrogen) atoms. The van der Waals surface area contributed by atoms with E-state index in [0.717, 1.165) is 35.4 Å². The number of morpholine rings is 1. The van der Waals surface area contributed by atoms with Crippen molar-refractivity contribution in [1.29, 1.82) is 0 Å². The van der Waals surface area contributed by atoms with E-state index in [4.69, 9.17) is 9.72 Å². The molecule has 1 N–H and O–H groups in total. The first-order valence-electron chi connectivity index (χ1n) is 8.39. The zero-order valence-corrected chi connectivity index (χ0v) is 14.4. The Labute approximate surface area is 145 Å². The Balaban J connectivity index is 1.97. The lowest BCUT2D eigenvalue weighted by atomic mass is 9.95. The maximum Gasteiger partial charge on any atom is 0.180 e. The Morgan fingerprint density at radius 2 is 2.00 bits per heavy atom. The third-order valence-electron chi connectivity index (χ3n) is 4.41. The van der Waals surface area contributed by atoms with Crippen LogP contribution in [0.3, 0.4) is 0 Å². The SMILES string of the molecule is CC(C)(O)c1cc(N2CCOCC2)nc2c(-n3cccn3)nccc12. The van der Waals surface area contributed by atoms with Gasteiger partial charge in [0.15, 0.2) is 5.82 Å². The van der Waals surface area contributed by atoms with E-state index >= 15 is 0 Å². The van der Waals surface area contributed by atoms with Crippen LogP contribution in [-0.4, -0.2) is 51.2 Å². The van der Waals surface area contributed by atoms with Crippen LogP contribution in [0, 0.1) is 0 Å². The van der Waals surface area contributed by atoms with Crippen molar-refractivity contribution in [3.63, 3.8) is 0 Å². The minimum atomic E-state index is -0.995. The van der Waals surface area contributed by atoms with Gasteiger partial charge in [-0.15, -0.1) is 0 Å². The van der Waals surface area contributed by atoms with Gasteiger partial charge in [-0.25, -0.2) is 14.6 Å². The Morgan fingerprint density at radius 1 is 1.20 bits per heavy atom. The van der Waals surface area contributed by atoms with Crippen molar-refractivity contribution >= 4 is 16.7 Å². The second-order valence-corrected chi connectivity index (χ2v) is 6.67. The van der Waals surface area contributed by atoms with Gasteiger partial charge in [0, 0.05) is 37.1 Å². The summed E-state index contributed by atoms with van der Waals surface area (Å²) in [7, 11) is 0. The third-order valence-corrected chi connectivity index (χ3v) is 4.41. The number of pyridine rings is 2. The van der Waals surface area contributed by atoms with E-state index in [1.54, 1.807) is 30.9 Å². The molecule has 0 saturated carbocycles. The summed E-state index contributed by atoms with van der Waals surface area (Å²) in [6.45, 7) is 6.49. The summed E-state index contributed by atoms with van der Waals surface area (Å²) in [5, 5.41) is 15.9. The quantitative estimate of drug-likeness (QED) is 0.785. The van der Waals surface area contributed by atoms with Crippen molar-refractivity contribution in [2.24, 2.45) is 0 Å². The van der Waals surface area contributed by atoms with Crippen LogP contribution in [0.1, 0.15) is 19.4 Å². The highest BCUT2D eigenvalue weighted by Gasteiger charge is 2.24. The molecule has 3 aromatic rings. The zero-order valence-electron chi connectivity index (χ0n) is 14.4. The van der Waals surface area contributed by atoms with E-state index in [2.05, 4.69) is 15.0 Å². The molecule has 7 nitrogen and oxygen atoms in total. The number of anilines is 1. The van der Waals surface area contributed by atoms with Gasteiger partial charge in [0.05, 0.1) is 18.8 Å². The molecule has 0 radical (unpaired) electrons. The molecule has 1 saturated heterocycles. The molecule has 1 fully saturated rings. The molecule has 0 amide bonds. The summed E-state index contributed by atoms with van der Waals surface area (Å²) >= 11 is 0. The maximum absolute atomic E-state index is 10.7. The summed E-state index contributed by atoms with van der Waals surface area (Å²) < 4.78 is 7.14. The third kappa shape index (κ3) is 2.96. The average Bonchev–Trinajstić information content (AvgIpc) is 3.14. The molecule has 0 bridgehead atoms. The fourth-order valence-corrected chi connectivity index (χ4v) is 3.15. The number of hydrogen-bond donors (Lipinski definition) is 1. The van der Waals surface area contributed by atoms with Crippen molar-refractivity contribution in [3.05, 3.63) is 42.4 Å². The number of ether oxygens (including phenoxy) is 1. The predicted molar refractivity (Wildman–Crippen MR) is 94.9 cm³/mol. The fraction of sp³-hybridized carbons (Fsp3) is 0.389. The van der Waals surface area contributed by atoms with E-state index in [9.17, 15) is 5.11 Å². The highest BCUT2D eigenvalue weighted by atomic mass is 16.5. The fourth-order valence-electron chi connectivity index (χ4n) is 3.15. The summed E-state index contributed by atoms with van der Waals surface area (Å²) in [6.07, 6.45) is 5.28. The first kappa shape index (κ1) is 16.0. The molecule has 0 unspecified atom stereocenters. The van der Waals surface area contributed by atoms with Crippen LogP contribution in [-0.2, 0) is 10.3 Å². The van der Waals surface area contributed by atoms with Crippen molar-refractivity contribution < 1.29 is 9.84 Å². The van der Waals surface area contributed by atoms with Crippen molar-refractivity contribution in [1.82, 2.24) is 19.7 Å². The largest absolute Gasteiger partial charge is 0.386 e. The minimum absolute atomic E-state index is 0.656. The Kier molecular flexibility index (Phi) is 3.89. The van der Waals surface area contributed by atoms with E-state index in [0.29, 0.717) is 19.0 Å². The Morgan fingerprint density at radius 3 is 2.68 bits per heavy atom. The van der Waals surface area contributed by atoms with Gasteiger partial charge in [-0.3, -0.25) is 0 Å². The molecule has 0 aliphatic carbocycles. The van der Waals surface area contributed by atoms with Crippen LogP contribution in [0.25, 0.3) is 16.7 Å². The summed E-state index contributed by atoms with van der Waals surface area (Å²) in [6, 6.07) is 5.72. The van der Waals surface area contributed by atoms with Crippen LogP contribution >= 0.6 is 0 Å². The van der Waals surface area contributed by atoms with Gasteiger partial charge in [0.25, 0.3) is 0 Å². The first-order chi connectivity index (χ1) is 12.0. The number of nitrogens with zero attached hydrogens (tertiary/aromatic N) is 5. The smallest absolute Gasteiger partial charge is 0.180 e. The zero-order chi connectivity index (χ0) is 17.4. The van der Waals surface area contributed by atoms with Crippen LogP contribution in [0.15, 0.2) is 36.8 Å². The van der Waals surface area contributed by atoms with Crippen LogP contribution in [0.5, 0.6) is 0 Å². The second kappa shape index (κ2) is 6.09. The highest BCUT2D eigenvalue weighted by molar-refractivity contribution is 5.89. The van der Waals surface area contributed by atoms with E-state index < -0.39 is 5.60 Å². The van der Waals surface area contributed by atoms with Gasteiger partial charge in [-0.2, -0.15) is 5.10 Å². The number of rotatable bonds is 3. The first-order valence-corrected chi connectivity index (χ1v) is 8.39. The van der Waals surface area contributed by atoms with E-state index in [1.807, 2.05) is 24.4 Å². The number of aliphatic hydroxyl groups is 1. The summed E-state index contributed by atoms with van der Waals surface area (Å²) in [4.78, 5) is 11.5. The average molecular weight is 339 g/mol. The molecule has 0 aromatic carbocycles. The van der Waals surface area contributed by atoms with Crippen LogP contribution in [0.4, 0.5) is 5.82 Å². The molecule has 130 valence electrons. The number of fused-ring (bicyclic) bond motifs is 1. The lowest BCUT2D eigenvalue weighted by Gasteiger charge is -2.30. The van der Waals surface area contributed by atoms with E-state index in [-0.39, 0.29) is 0 Å². The molecule has 3 aromatic heterocycles. The lowest BCUT2D eigenvalue weighted by Crippen LogP contribution is -2.37. The molecule has 4 rings (SSSR count). The monoisotopic (exact) mass is 339 g/mol. The number of aromatic nitrogens is 4. The van der Waals surface area contributed by atoms with Gasteiger partial charge in [0.1, 0.15) is 11.3 Å². The lowest BCUT2D eigenvalue weighted by molar-refractivity contribution is 0.0801. The normalized spacial score (nSPS) is 15.7. The van der Waals surface area contributed by atoms with Crippen molar-refractivity contribution in [2.45, 2.75) is 19.4 Å². The second-order valence-electron chi connectivity index (χ2n) is 6.67. The molecule has 1 aliphatic heterocycles. The molecular formula is C18H21N5O2. The molecule has 1 aliphatic rings. The predicted octanol–water partition coefficient (Wildman–Crippen LogP) is 1.88. The molecular weight excluding hydrogens is 318 g/mol. The van der Waals surface area contributed by atoms with E-state index in [1.165, 1.54) is 0 Å². The standard InChI is InChI=1S/C18H21N5O2/c1-18(2,24)14-12-15(22-8-10-25-11-9-22)21-16-13(14)4-6-19-17(16)23-7-3-5-20-23/h3-7,12,24H,8-11H2,1-2H3. The summed E-state index contributed by atoms with van der Waals surface area (Å²) in [5.74, 6) is 1.48. The van der Waals surface area contributed by atoms with Gasteiger partial charge in [-0.05, 0) is 37.6 Å². The molecule has 7 heteroatoms. The van der Waals surface area contributed by atoms with Crippen LogP contribution in [0.2, 0.25) is 0 Å². The topological polar surface area (TPSA) is 76.3 Å². The van der Waals surface area contributed by atoms with Crippen LogP contribution < -0.4 is 4.90 Å². The molecule has 4 heterocycles. The minimum Gasteiger partial charge on any atom is -0.386 e. The van der Waals surface area contributed by atoms with Gasteiger partial charge in [0.2, 0.25) is 0 Å². The van der Waals surface area contributed by atoms with Crippen molar-refractivity contribution in [3.8, 4) is 5.82 Å². The molecule has 0 spiro atoms. The van der Waals surface area contributed by atoms with Crippen molar-refractivity contribution in [2.75, 3.05) is 31.2 Å². The van der Waals surface area contributed by atoms with Gasteiger partial charge in [-0.1, -0.05) is 0 Å².